The monoisotopic (exact) mass is 508 g/mol. The Morgan fingerprint density at radius 1 is 0.824 bits per heavy atom. The van der Waals surface area contributed by atoms with Crippen molar-refractivity contribution >= 4 is 46.7 Å². The smallest absolute Gasteiger partial charge is 0.257 e. The van der Waals surface area contributed by atoms with Gasteiger partial charge in [-0.3, -0.25) is 15.1 Å². The summed E-state index contributed by atoms with van der Waals surface area (Å²) in [7, 11) is 0. The minimum atomic E-state index is -0.365. The number of rotatable bonds is 5. The summed E-state index contributed by atoms with van der Waals surface area (Å²) < 4.78 is 0. The Kier molecular flexibility index (Phi) is 7.48. The predicted octanol–water partition coefficient (Wildman–Crippen LogP) is 6.62. The second kappa shape index (κ2) is 10.7. The Balaban J connectivity index is 1.59. The van der Waals surface area contributed by atoms with E-state index in [4.69, 9.17) is 40.5 Å². The molecule has 1 heterocycles. The number of nitrogens with one attached hydrogen (secondary N) is 1. The molecule has 0 fully saturated rings. The highest BCUT2D eigenvalue weighted by atomic mass is 35.5. The molecule has 3 N–H and O–H groups in total. The molecule has 0 atom stereocenters. The van der Waals surface area contributed by atoms with E-state index in [1.54, 1.807) is 30.5 Å². The molecule has 0 aliphatic rings. The molecule has 5 nitrogen and oxygen atoms in total. The molecule has 3 aromatic carbocycles. The third-order valence-corrected chi connectivity index (χ3v) is 5.75. The Morgan fingerprint density at radius 3 is 1.94 bits per heavy atom. The Labute approximate surface area is 212 Å². The third-order valence-electron chi connectivity index (χ3n) is 5.00. The first-order valence-electron chi connectivity index (χ1n) is 10.3. The molecular formula is C26H19Cl3N4O. The summed E-state index contributed by atoms with van der Waals surface area (Å²) in [5.41, 5.74) is 10.8. The maximum atomic E-state index is 12.3. The summed E-state index contributed by atoms with van der Waals surface area (Å²) in [5, 5.41) is 4.42. The minimum Gasteiger partial charge on any atom is -0.370 e. The van der Waals surface area contributed by atoms with Gasteiger partial charge in [-0.05, 0) is 65.7 Å². The number of benzene rings is 3. The van der Waals surface area contributed by atoms with E-state index in [-0.39, 0.29) is 18.4 Å². The maximum Gasteiger partial charge on any atom is 0.257 e. The first kappa shape index (κ1) is 23.8. The molecule has 0 spiro atoms. The number of nitrogens with two attached hydrogens (primary N) is 1. The van der Waals surface area contributed by atoms with E-state index in [0.29, 0.717) is 20.6 Å². The normalized spacial score (nSPS) is 11.3. The van der Waals surface area contributed by atoms with Gasteiger partial charge >= 0.3 is 0 Å². The van der Waals surface area contributed by atoms with Gasteiger partial charge in [0.25, 0.3) is 5.91 Å². The van der Waals surface area contributed by atoms with Gasteiger partial charge in [-0.15, -0.1) is 0 Å². The number of carbonyl (C=O) groups is 1. The van der Waals surface area contributed by atoms with Crippen molar-refractivity contribution in [2.45, 2.75) is 6.54 Å². The van der Waals surface area contributed by atoms with Crippen LogP contribution in [0.1, 0.15) is 15.9 Å². The fourth-order valence-electron chi connectivity index (χ4n) is 3.29. The van der Waals surface area contributed by atoms with E-state index in [1.807, 2.05) is 54.6 Å². The van der Waals surface area contributed by atoms with Crippen LogP contribution in [0.3, 0.4) is 0 Å². The summed E-state index contributed by atoms with van der Waals surface area (Å²) in [6.07, 6.45) is 1.74. The minimum absolute atomic E-state index is 0.00905. The molecule has 0 bridgehead atoms. The molecule has 170 valence electrons. The number of aliphatic imine (C=N–C) groups is 1. The van der Waals surface area contributed by atoms with Crippen molar-refractivity contribution in [2.24, 2.45) is 10.7 Å². The largest absolute Gasteiger partial charge is 0.370 e. The first-order valence-corrected chi connectivity index (χ1v) is 11.4. The standard InChI is InChI=1S/C26H19Cl3N4O/c27-20-7-1-17(2-8-20)23-13-16(14-31-24(23)18-3-9-21(28)10-4-18)15-32-26(30)33-25(34)19-5-11-22(29)12-6-19/h1-14H,15H2,(H3,30,32,33,34). The van der Waals surface area contributed by atoms with Crippen LogP contribution in [0.25, 0.3) is 22.4 Å². The van der Waals surface area contributed by atoms with Crippen LogP contribution in [0.15, 0.2) is 90.1 Å². The van der Waals surface area contributed by atoms with Crippen LogP contribution in [-0.4, -0.2) is 16.9 Å². The van der Waals surface area contributed by atoms with Gasteiger partial charge in [-0.2, -0.15) is 0 Å². The summed E-state index contributed by atoms with van der Waals surface area (Å²) in [4.78, 5) is 21.3. The average molecular weight is 510 g/mol. The average Bonchev–Trinajstić information content (AvgIpc) is 2.84. The number of guanidine groups is 1. The Hall–Kier alpha value is -3.38. The van der Waals surface area contributed by atoms with E-state index in [2.05, 4.69) is 15.3 Å². The van der Waals surface area contributed by atoms with E-state index in [0.717, 1.165) is 27.9 Å². The van der Waals surface area contributed by atoms with Crippen LogP contribution in [-0.2, 0) is 6.54 Å². The zero-order valence-corrected chi connectivity index (χ0v) is 20.1. The van der Waals surface area contributed by atoms with Crippen molar-refractivity contribution in [3.63, 3.8) is 0 Å². The molecule has 8 heteroatoms. The summed E-state index contributed by atoms with van der Waals surface area (Å²) in [6, 6.07) is 23.5. The molecule has 4 rings (SSSR count). The van der Waals surface area contributed by atoms with Gasteiger partial charge in [0.1, 0.15) is 0 Å². The predicted molar refractivity (Wildman–Crippen MR) is 139 cm³/mol. The molecule has 0 saturated carbocycles. The van der Waals surface area contributed by atoms with Crippen molar-refractivity contribution in [1.29, 1.82) is 0 Å². The second-order valence-corrected chi connectivity index (χ2v) is 8.73. The van der Waals surface area contributed by atoms with Gasteiger partial charge in [-0.25, -0.2) is 4.99 Å². The Morgan fingerprint density at radius 2 is 1.35 bits per heavy atom. The number of amides is 1. The maximum absolute atomic E-state index is 12.3. The van der Waals surface area contributed by atoms with Crippen LogP contribution < -0.4 is 11.1 Å². The van der Waals surface area contributed by atoms with E-state index < -0.39 is 0 Å². The summed E-state index contributed by atoms with van der Waals surface area (Å²) in [5.74, 6) is -0.356. The highest BCUT2D eigenvalue weighted by Crippen LogP contribution is 2.32. The fourth-order valence-corrected chi connectivity index (χ4v) is 3.67. The van der Waals surface area contributed by atoms with Gasteiger partial charge in [-0.1, -0.05) is 59.1 Å². The zero-order valence-electron chi connectivity index (χ0n) is 17.8. The lowest BCUT2D eigenvalue weighted by Crippen LogP contribution is -2.36. The number of nitrogens with zero attached hydrogens (tertiary/aromatic N) is 2. The van der Waals surface area contributed by atoms with Crippen molar-refractivity contribution in [3.05, 3.63) is 111 Å². The van der Waals surface area contributed by atoms with Crippen molar-refractivity contribution < 1.29 is 4.79 Å². The van der Waals surface area contributed by atoms with Gasteiger partial charge in [0.2, 0.25) is 0 Å². The molecule has 4 aromatic rings. The number of hydrogen-bond acceptors (Lipinski definition) is 3. The molecule has 0 radical (unpaired) electrons. The number of hydrogen-bond donors (Lipinski definition) is 2. The number of aromatic nitrogens is 1. The topological polar surface area (TPSA) is 80.4 Å². The second-order valence-electron chi connectivity index (χ2n) is 7.42. The molecule has 1 aromatic heterocycles. The van der Waals surface area contributed by atoms with E-state index in [9.17, 15) is 4.79 Å². The number of pyridine rings is 1. The van der Waals surface area contributed by atoms with Gasteiger partial charge in [0, 0.05) is 38.0 Å². The third kappa shape index (κ3) is 5.94. The van der Waals surface area contributed by atoms with E-state index >= 15 is 0 Å². The van der Waals surface area contributed by atoms with Crippen LogP contribution in [0, 0.1) is 0 Å². The zero-order chi connectivity index (χ0) is 24.1. The molecular weight excluding hydrogens is 491 g/mol. The lowest BCUT2D eigenvalue weighted by Gasteiger charge is -2.12. The summed E-state index contributed by atoms with van der Waals surface area (Å²) in [6.45, 7) is 0.237. The SMILES string of the molecule is NC(=NCc1cnc(-c2ccc(Cl)cc2)c(-c2ccc(Cl)cc2)c1)NC(=O)c1ccc(Cl)cc1. The molecule has 34 heavy (non-hydrogen) atoms. The van der Waals surface area contributed by atoms with Crippen molar-refractivity contribution in [2.75, 3.05) is 0 Å². The van der Waals surface area contributed by atoms with Gasteiger partial charge < -0.3 is 5.73 Å². The molecule has 0 unspecified atom stereocenters. The van der Waals surface area contributed by atoms with Gasteiger partial charge in [0.05, 0.1) is 12.2 Å². The first-order chi connectivity index (χ1) is 16.4. The van der Waals surface area contributed by atoms with Crippen molar-refractivity contribution in [3.8, 4) is 22.4 Å². The van der Waals surface area contributed by atoms with E-state index in [1.165, 1.54) is 0 Å². The summed E-state index contributed by atoms with van der Waals surface area (Å²) >= 11 is 18.0. The molecule has 0 aliphatic carbocycles. The van der Waals surface area contributed by atoms with Crippen LogP contribution in [0.5, 0.6) is 0 Å². The van der Waals surface area contributed by atoms with Gasteiger partial charge in [0.15, 0.2) is 5.96 Å². The number of carbonyl (C=O) groups excluding carboxylic acids is 1. The molecule has 0 aliphatic heterocycles. The lowest BCUT2D eigenvalue weighted by molar-refractivity contribution is 0.0976. The highest BCUT2D eigenvalue weighted by molar-refractivity contribution is 6.31. The molecule has 0 saturated heterocycles. The fraction of sp³-hybridized carbons (Fsp3) is 0.0385. The quantitative estimate of drug-likeness (QED) is 0.234. The van der Waals surface area contributed by atoms with Crippen LogP contribution >= 0.6 is 34.8 Å². The van der Waals surface area contributed by atoms with Crippen LogP contribution in [0.4, 0.5) is 0 Å². The number of halogens is 3. The lowest BCUT2D eigenvalue weighted by atomic mass is 9.98. The van der Waals surface area contributed by atoms with Crippen molar-refractivity contribution in [1.82, 2.24) is 10.3 Å². The van der Waals surface area contributed by atoms with Crippen LogP contribution in [0.2, 0.25) is 15.1 Å². The Bertz CT molecular complexity index is 1340. The molecule has 1 amide bonds. The highest BCUT2D eigenvalue weighted by Gasteiger charge is 2.12.